The Kier molecular flexibility index (Phi) is 3.30. The Bertz CT molecular complexity index is 534. The number of benzene rings is 1. The van der Waals surface area contributed by atoms with Gasteiger partial charge in [0.1, 0.15) is 11.8 Å². The lowest BCUT2D eigenvalue weighted by atomic mass is 10.2. The minimum Gasteiger partial charge on any atom is -0.399 e. The standard InChI is InChI=1S/C7H9N.C5H4N4/c1-6-2-4-7(8)5-3-6;1-4-5(8-2-6-1)9-3-7-4/h2-5H,8H2,1H3;1-3H,(H,6,7,8,9). The van der Waals surface area contributed by atoms with E-state index in [1.807, 2.05) is 31.2 Å². The van der Waals surface area contributed by atoms with Crippen molar-refractivity contribution in [2.45, 2.75) is 6.92 Å². The fourth-order valence-corrected chi connectivity index (χ4v) is 1.26. The van der Waals surface area contributed by atoms with Gasteiger partial charge < -0.3 is 10.7 Å². The lowest BCUT2D eigenvalue weighted by Crippen LogP contribution is -1.81. The topological polar surface area (TPSA) is 80.5 Å². The molecule has 1 aromatic carbocycles. The number of nitrogens with one attached hydrogen (secondary N) is 1. The van der Waals surface area contributed by atoms with Crippen LogP contribution >= 0.6 is 0 Å². The number of hydrogen-bond acceptors (Lipinski definition) is 4. The maximum atomic E-state index is 5.43. The Morgan fingerprint density at radius 1 is 1.12 bits per heavy atom. The Morgan fingerprint density at radius 3 is 2.53 bits per heavy atom. The predicted molar refractivity (Wildman–Crippen MR) is 67.3 cm³/mol. The van der Waals surface area contributed by atoms with Crippen molar-refractivity contribution in [1.29, 1.82) is 0 Å². The maximum Gasteiger partial charge on any atom is 0.180 e. The third-order valence-electron chi connectivity index (χ3n) is 2.18. The van der Waals surface area contributed by atoms with E-state index in [2.05, 4.69) is 19.9 Å². The zero-order valence-electron chi connectivity index (χ0n) is 9.46. The second-order valence-corrected chi connectivity index (χ2v) is 3.57. The first-order chi connectivity index (χ1) is 8.25. The molecule has 5 heteroatoms. The van der Waals surface area contributed by atoms with Gasteiger partial charge in [0.05, 0.1) is 12.5 Å². The summed E-state index contributed by atoms with van der Waals surface area (Å²) >= 11 is 0. The van der Waals surface area contributed by atoms with Crippen LogP contribution in [0.1, 0.15) is 5.56 Å². The van der Waals surface area contributed by atoms with Gasteiger partial charge in [-0.3, -0.25) is 0 Å². The lowest BCUT2D eigenvalue weighted by molar-refractivity contribution is 1.20. The van der Waals surface area contributed by atoms with Gasteiger partial charge in [0.25, 0.3) is 0 Å². The number of aromatic nitrogens is 4. The number of aryl methyl sites for hydroxylation is 1. The number of nitrogens with zero attached hydrogens (tertiary/aromatic N) is 3. The predicted octanol–water partition coefficient (Wildman–Crippen LogP) is 1.93. The fourth-order valence-electron chi connectivity index (χ4n) is 1.26. The number of nitrogens with two attached hydrogens (primary N) is 1. The average molecular weight is 227 g/mol. The minimum atomic E-state index is 0.713. The van der Waals surface area contributed by atoms with Crippen LogP contribution in [0.2, 0.25) is 0 Å². The summed E-state index contributed by atoms with van der Waals surface area (Å²) < 4.78 is 0. The fraction of sp³-hybridized carbons (Fsp3) is 0.0833. The van der Waals surface area contributed by atoms with E-state index in [0.717, 1.165) is 11.2 Å². The molecule has 17 heavy (non-hydrogen) atoms. The smallest absolute Gasteiger partial charge is 0.180 e. The first-order valence-corrected chi connectivity index (χ1v) is 5.17. The second-order valence-electron chi connectivity index (χ2n) is 3.57. The van der Waals surface area contributed by atoms with Crippen LogP contribution in [-0.4, -0.2) is 19.9 Å². The highest BCUT2D eigenvalue weighted by Gasteiger charge is 1.91. The summed E-state index contributed by atoms with van der Waals surface area (Å²) in [6.45, 7) is 2.04. The van der Waals surface area contributed by atoms with Gasteiger partial charge in [-0.1, -0.05) is 17.7 Å². The molecule has 0 amide bonds. The van der Waals surface area contributed by atoms with Crippen LogP contribution in [0.25, 0.3) is 11.2 Å². The van der Waals surface area contributed by atoms with Gasteiger partial charge >= 0.3 is 0 Å². The van der Waals surface area contributed by atoms with Gasteiger partial charge in [-0.15, -0.1) is 0 Å². The van der Waals surface area contributed by atoms with E-state index in [-0.39, 0.29) is 0 Å². The van der Waals surface area contributed by atoms with E-state index in [1.165, 1.54) is 11.9 Å². The highest BCUT2D eigenvalue weighted by molar-refractivity contribution is 5.67. The van der Waals surface area contributed by atoms with Crippen molar-refractivity contribution in [3.63, 3.8) is 0 Å². The third kappa shape index (κ3) is 3.01. The molecule has 0 aliphatic carbocycles. The first kappa shape index (κ1) is 11.1. The average Bonchev–Trinajstić information content (AvgIpc) is 2.82. The zero-order valence-corrected chi connectivity index (χ0v) is 9.46. The van der Waals surface area contributed by atoms with Gasteiger partial charge in [0.2, 0.25) is 0 Å². The van der Waals surface area contributed by atoms with Crippen molar-refractivity contribution in [2.75, 3.05) is 5.73 Å². The molecule has 0 saturated heterocycles. The van der Waals surface area contributed by atoms with Crippen molar-refractivity contribution in [2.24, 2.45) is 0 Å². The molecule has 3 aromatic rings. The normalized spacial score (nSPS) is 9.71. The Hall–Kier alpha value is -2.43. The molecule has 0 bridgehead atoms. The highest BCUT2D eigenvalue weighted by atomic mass is 15.0. The van der Waals surface area contributed by atoms with Crippen LogP contribution in [0.15, 0.2) is 43.1 Å². The molecule has 2 heterocycles. The van der Waals surface area contributed by atoms with Gasteiger partial charge in [0, 0.05) is 5.69 Å². The molecular formula is C12H13N5. The summed E-state index contributed by atoms with van der Waals surface area (Å²) in [5, 5.41) is 0. The van der Waals surface area contributed by atoms with Crippen molar-refractivity contribution >= 4 is 16.9 Å². The monoisotopic (exact) mass is 227 g/mol. The molecule has 3 rings (SSSR count). The number of H-pyrrole nitrogens is 1. The van der Waals surface area contributed by atoms with Gasteiger partial charge in [-0.2, -0.15) is 0 Å². The van der Waals surface area contributed by atoms with Crippen LogP contribution in [0.5, 0.6) is 0 Å². The van der Waals surface area contributed by atoms with Crippen molar-refractivity contribution in [3.05, 3.63) is 48.7 Å². The summed E-state index contributed by atoms with van der Waals surface area (Å²) in [5.74, 6) is 0. The van der Waals surface area contributed by atoms with E-state index < -0.39 is 0 Å². The number of aromatic amines is 1. The summed E-state index contributed by atoms with van der Waals surface area (Å²) in [6, 6.07) is 7.79. The second kappa shape index (κ2) is 5.07. The molecule has 3 N–H and O–H groups in total. The molecule has 0 aliphatic rings. The van der Waals surface area contributed by atoms with E-state index >= 15 is 0 Å². The molecule has 0 atom stereocenters. The molecule has 0 aliphatic heterocycles. The quantitative estimate of drug-likeness (QED) is 0.575. The van der Waals surface area contributed by atoms with Gasteiger partial charge in [-0.25, -0.2) is 15.0 Å². The molecule has 0 radical (unpaired) electrons. The minimum absolute atomic E-state index is 0.713. The van der Waals surface area contributed by atoms with Crippen LogP contribution in [0.4, 0.5) is 5.69 Å². The number of nitrogen functional groups attached to an aromatic ring is 1. The number of fused-ring (bicyclic) bond motifs is 1. The van der Waals surface area contributed by atoms with Crippen molar-refractivity contribution in [3.8, 4) is 0 Å². The zero-order chi connectivity index (χ0) is 12.1. The van der Waals surface area contributed by atoms with Crippen LogP contribution in [-0.2, 0) is 0 Å². The first-order valence-electron chi connectivity index (χ1n) is 5.17. The SMILES string of the molecule is Cc1ccc(N)cc1.c1ncc2[nH]cnc2n1. The Labute approximate surface area is 98.7 Å². The lowest BCUT2D eigenvalue weighted by Gasteiger charge is -1.90. The molecule has 0 saturated carbocycles. The molecule has 86 valence electrons. The number of rotatable bonds is 0. The van der Waals surface area contributed by atoms with Gasteiger partial charge in [-0.05, 0) is 19.1 Å². The largest absolute Gasteiger partial charge is 0.399 e. The van der Waals surface area contributed by atoms with E-state index in [4.69, 9.17) is 5.73 Å². The van der Waals surface area contributed by atoms with Crippen LogP contribution in [0.3, 0.4) is 0 Å². The number of hydrogen-bond donors (Lipinski definition) is 2. The summed E-state index contributed by atoms with van der Waals surface area (Å²) in [5.41, 5.74) is 9.09. The summed E-state index contributed by atoms with van der Waals surface area (Å²) in [7, 11) is 0. The Morgan fingerprint density at radius 2 is 1.88 bits per heavy atom. The number of anilines is 1. The number of imidazole rings is 1. The molecule has 0 fully saturated rings. The molecule has 2 aromatic heterocycles. The maximum absolute atomic E-state index is 5.43. The van der Waals surface area contributed by atoms with E-state index in [0.29, 0.717) is 5.65 Å². The molecule has 0 spiro atoms. The van der Waals surface area contributed by atoms with Crippen molar-refractivity contribution < 1.29 is 0 Å². The molecule has 0 unspecified atom stereocenters. The highest BCUT2D eigenvalue weighted by Crippen LogP contribution is 2.02. The van der Waals surface area contributed by atoms with Crippen LogP contribution in [0, 0.1) is 6.92 Å². The van der Waals surface area contributed by atoms with E-state index in [9.17, 15) is 0 Å². The van der Waals surface area contributed by atoms with E-state index in [1.54, 1.807) is 12.5 Å². The van der Waals surface area contributed by atoms with Crippen LogP contribution < -0.4 is 5.73 Å². The van der Waals surface area contributed by atoms with Crippen molar-refractivity contribution in [1.82, 2.24) is 19.9 Å². The molecular weight excluding hydrogens is 214 g/mol. The third-order valence-corrected chi connectivity index (χ3v) is 2.18. The van der Waals surface area contributed by atoms with Gasteiger partial charge in [0.15, 0.2) is 5.65 Å². The molecule has 5 nitrogen and oxygen atoms in total. The summed E-state index contributed by atoms with van der Waals surface area (Å²) in [4.78, 5) is 14.5. The Balaban J connectivity index is 0.000000128. The summed E-state index contributed by atoms with van der Waals surface area (Å²) in [6.07, 6.45) is 4.76.